The lowest BCUT2D eigenvalue weighted by atomic mass is 9.53. The number of hydrogen-bond donors (Lipinski definition) is 3. The highest BCUT2D eigenvalue weighted by Gasteiger charge is 2.51. The molecule has 4 fully saturated rings. The zero-order valence-electron chi connectivity index (χ0n) is 18.9. The van der Waals surface area contributed by atoms with E-state index in [9.17, 15) is 4.79 Å². The van der Waals surface area contributed by atoms with Crippen LogP contribution in [-0.4, -0.2) is 54.6 Å². The number of rotatable bonds is 6. The van der Waals surface area contributed by atoms with E-state index in [1.165, 1.54) is 19.3 Å². The number of anilines is 1. The van der Waals surface area contributed by atoms with E-state index < -0.39 is 6.29 Å². The number of carbonyl (C=O) groups is 1. The highest BCUT2D eigenvalue weighted by molar-refractivity contribution is 6.03. The van der Waals surface area contributed by atoms with Gasteiger partial charge < -0.3 is 14.8 Å². The summed E-state index contributed by atoms with van der Waals surface area (Å²) in [6.07, 6.45) is 6.74. The number of hydrogen-bond acceptors (Lipinski definition) is 6. The second-order valence-electron chi connectivity index (χ2n) is 9.47. The van der Waals surface area contributed by atoms with Gasteiger partial charge in [0, 0.05) is 31.1 Å². The van der Waals surface area contributed by atoms with E-state index in [-0.39, 0.29) is 24.1 Å². The molecule has 4 aliphatic rings. The molecular weight excluding hydrogens is 396 g/mol. The maximum Gasteiger partial charge on any atom is 0.321 e. The summed E-state index contributed by atoms with van der Waals surface area (Å²) < 4.78 is 10.4. The minimum absolute atomic E-state index is 0.0814. The summed E-state index contributed by atoms with van der Waals surface area (Å²) in [5, 5.41) is 9.23. The first-order valence-electron chi connectivity index (χ1n) is 11.1. The van der Waals surface area contributed by atoms with Gasteiger partial charge in [-0.25, -0.2) is 19.8 Å². The van der Waals surface area contributed by atoms with Crippen LogP contribution in [-0.2, 0) is 9.47 Å². The monoisotopic (exact) mass is 430 g/mol. The van der Waals surface area contributed by atoms with Crippen molar-refractivity contribution in [3.63, 3.8) is 0 Å². The molecular formula is C22H34N6O3. The summed E-state index contributed by atoms with van der Waals surface area (Å²) in [6.45, 7) is 4.02. The molecule has 3 N–H and O–H groups in total. The van der Waals surface area contributed by atoms with Crippen molar-refractivity contribution in [3.8, 4) is 0 Å². The van der Waals surface area contributed by atoms with Gasteiger partial charge in [-0.2, -0.15) is 0 Å². The molecule has 1 heterocycles. The average molecular weight is 431 g/mol. The van der Waals surface area contributed by atoms with E-state index in [1.54, 1.807) is 14.2 Å². The van der Waals surface area contributed by atoms with Gasteiger partial charge in [-0.3, -0.25) is 10.6 Å². The molecule has 0 aromatic carbocycles. The normalized spacial score (nSPS) is 29.3. The SMILES string of the molecule is COC(CN=C(NC(=O)NC12CC3CC(CC(C3)C1)C2)Nc1nc(C)cc(C)n1)OC. The van der Waals surface area contributed by atoms with Gasteiger partial charge in [0.2, 0.25) is 11.9 Å². The van der Waals surface area contributed by atoms with Gasteiger partial charge in [-0.05, 0) is 76.2 Å². The maximum absolute atomic E-state index is 13.0. The molecule has 4 bridgehead atoms. The van der Waals surface area contributed by atoms with Crippen LogP contribution < -0.4 is 16.0 Å². The van der Waals surface area contributed by atoms with Crippen molar-refractivity contribution in [1.82, 2.24) is 20.6 Å². The van der Waals surface area contributed by atoms with Gasteiger partial charge in [-0.15, -0.1) is 0 Å². The lowest BCUT2D eigenvalue weighted by Gasteiger charge is -2.56. The molecule has 0 spiro atoms. The first-order chi connectivity index (χ1) is 14.9. The predicted molar refractivity (Wildman–Crippen MR) is 118 cm³/mol. The van der Waals surface area contributed by atoms with E-state index in [1.807, 2.05) is 19.9 Å². The highest BCUT2D eigenvalue weighted by atomic mass is 16.7. The fourth-order valence-electron chi connectivity index (χ4n) is 6.05. The molecule has 4 saturated carbocycles. The second kappa shape index (κ2) is 9.08. The molecule has 9 heteroatoms. The molecule has 0 atom stereocenters. The zero-order chi connectivity index (χ0) is 22.0. The van der Waals surface area contributed by atoms with Gasteiger partial charge in [0.05, 0.1) is 6.54 Å². The first kappa shape index (κ1) is 22.0. The minimum atomic E-state index is -0.509. The van der Waals surface area contributed by atoms with Crippen molar-refractivity contribution in [2.24, 2.45) is 22.7 Å². The maximum atomic E-state index is 13.0. The topological polar surface area (TPSA) is 110 Å². The third-order valence-corrected chi connectivity index (χ3v) is 6.79. The lowest BCUT2D eigenvalue weighted by molar-refractivity contribution is -0.0937. The van der Waals surface area contributed by atoms with Gasteiger partial charge in [-0.1, -0.05) is 0 Å². The smallest absolute Gasteiger partial charge is 0.321 e. The Hall–Kier alpha value is -2.26. The number of aliphatic imine (C=N–C) groups is 1. The molecule has 170 valence electrons. The van der Waals surface area contributed by atoms with Crippen molar-refractivity contribution in [3.05, 3.63) is 17.5 Å². The van der Waals surface area contributed by atoms with Crippen LogP contribution in [0.5, 0.6) is 0 Å². The molecule has 9 nitrogen and oxygen atoms in total. The largest absolute Gasteiger partial charge is 0.354 e. The molecule has 0 saturated heterocycles. The van der Waals surface area contributed by atoms with Crippen molar-refractivity contribution in [1.29, 1.82) is 0 Å². The van der Waals surface area contributed by atoms with E-state index in [0.29, 0.717) is 5.95 Å². The summed E-state index contributed by atoms with van der Waals surface area (Å²) in [5.74, 6) is 2.92. The molecule has 4 aliphatic carbocycles. The number of aryl methyl sites for hydroxylation is 2. The molecule has 1 aromatic rings. The van der Waals surface area contributed by atoms with Crippen LogP contribution in [0.3, 0.4) is 0 Å². The number of amides is 2. The van der Waals surface area contributed by atoms with Crippen LogP contribution in [0.4, 0.5) is 10.7 Å². The van der Waals surface area contributed by atoms with Crippen molar-refractivity contribution in [2.45, 2.75) is 64.2 Å². The van der Waals surface area contributed by atoms with E-state index in [4.69, 9.17) is 9.47 Å². The summed E-state index contributed by atoms with van der Waals surface area (Å²) >= 11 is 0. The molecule has 2 amide bonds. The Kier molecular flexibility index (Phi) is 6.43. The number of aromatic nitrogens is 2. The Morgan fingerprint density at radius 3 is 2.16 bits per heavy atom. The Balaban J connectivity index is 1.45. The van der Waals surface area contributed by atoms with Crippen LogP contribution >= 0.6 is 0 Å². The molecule has 1 aromatic heterocycles. The predicted octanol–water partition coefficient (Wildman–Crippen LogP) is 2.75. The Morgan fingerprint density at radius 1 is 1.10 bits per heavy atom. The van der Waals surface area contributed by atoms with Gasteiger partial charge in [0.1, 0.15) is 0 Å². The van der Waals surface area contributed by atoms with Crippen LogP contribution in [0.1, 0.15) is 49.9 Å². The fraction of sp³-hybridized carbons (Fsp3) is 0.727. The Bertz CT molecular complexity index is 783. The number of guanidine groups is 1. The van der Waals surface area contributed by atoms with Crippen molar-refractivity contribution < 1.29 is 14.3 Å². The van der Waals surface area contributed by atoms with Gasteiger partial charge in [0.25, 0.3) is 0 Å². The van der Waals surface area contributed by atoms with Crippen LogP contribution in [0, 0.1) is 31.6 Å². The first-order valence-corrected chi connectivity index (χ1v) is 11.1. The Morgan fingerprint density at radius 2 is 1.65 bits per heavy atom. The molecule has 0 aliphatic heterocycles. The summed E-state index contributed by atoms with van der Waals surface area (Å²) in [7, 11) is 3.11. The van der Waals surface area contributed by atoms with Gasteiger partial charge in [0.15, 0.2) is 6.29 Å². The molecule has 31 heavy (non-hydrogen) atoms. The minimum Gasteiger partial charge on any atom is -0.354 e. The van der Waals surface area contributed by atoms with E-state index in [2.05, 4.69) is 30.9 Å². The van der Waals surface area contributed by atoms with Crippen LogP contribution in [0.25, 0.3) is 0 Å². The third-order valence-electron chi connectivity index (χ3n) is 6.79. The van der Waals surface area contributed by atoms with E-state index >= 15 is 0 Å². The third kappa shape index (κ3) is 5.33. The number of urea groups is 1. The number of ether oxygens (including phenoxy) is 2. The van der Waals surface area contributed by atoms with Crippen molar-refractivity contribution >= 4 is 17.9 Å². The molecule has 0 radical (unpaired) electrons. The van der Waals surface area contributed by atoms with Gasteiger partial charge >= 0.3 is 6.03 Å². The van der Waals surface area contributed by atoms with E-state index in [0.717, 1.165) is 48.4 Å². The lowest BCUT2D eigenvalue weighted by Crippen LogP contribution is -2.62. The van der Waals surface area contributed by atoms with Crippen LogP contribution in [0.15, 0.2) is 11.1 Å². The number of carbonyl (C=O) groups excluding carboxylic acids is 1. The summed E-state index contributed by atoms with van der Waals surface area (Å²) in [4.78, 5) is 26.2. The average Bonchev–Trinajstić information content (AvgIpc) is 2.66. The Labute approximate surface area is 183 Å². The number of nitrogens with zero attached hydrogens (tertiary/aromatic N) is 3. The number of methoxy groups -OCH3 is 2. The van der Waals surface area contributed by atoms with Crippen molar-refractivity contribution in [2.75, 3.05) is 26.1 Å². The summed E-state index contributed by atoms with van der Waals surface area (Å²) in [6, 6.07) is 1.64. The molecule has 0 unspecified atom stereocenters. The highest BCUT2D eigenvalue weighted by Crippen LogP contribution is 2.55. The number of nitrogens with one attached hydrogen (secondary N) is 3. The fourth-order valence-corrected chi connectivity index (χ4v) is 6.05. The quantitative estimate of drug-likeness (QED) is 0.364. The van der Waals surface area contributed by atoms with Crippen LogP contribution in [0.2, 0.25) is 0 Å². The molecule has 5 rings (SSSR count). The standard InChI is InChI=1S/C22H34N6O3/c1-13-5-14(2)25-20(24-13)26-19(23-12-18(30-3)31-4)27-21(29)28-22-9-15-6-16(10-22)8-17(7-15)11-22/h5,15-18H,6-12H2,1-4H3,(H3,23,24,25,26,27,28,29). The zero-order valence-corrected chi connectivity index (χ0v) is 18.9. The second-order valence-corrected chi connectivity index (χ2v) is 9.47. The summed E-state index contributed by atoms with van der Waals surface area (Å²) in [5.41, 5.74) is 1.58.